The van der Waals surface area contributed by atoms with E-state index in [1.165, 1.54) is 6.08 Å². The van der Waals surface area contributed by atoms with Crippen molar-refractivity contribution < 1.29 is 23.9 Å². The van der Waals surface area contributed by atoms with E-state index < -0.39 is 5.97 Å². The first-order chi connectivity index (χ1) is 15.9. The van der Waals surface area contributed by atoms with Gasteiger partial charge >= 0.3 is 5.97 Å². The molecule has 3 aromatic rings. The summed E-state index contributed by atoms with van der Waals surface area (Å²) in [5.74, 6) is -1.46. The predicted molar refractivity (Wildman–Crippen MR) is 131 cm³/mol. The Bertz CT molecular complexity index is 1150. The summed E-state index contributed by atoms with van der Waals surface area (Å²) in [5, 5.41) is 4.60. The Labute approximate surface area is 203 Å². The topological polar surface area (TPSA) is 89.5 Å². The largest absolute Gasteiger partial charge is 0.457 e. The van der Waals surface area contributed by atoms with Crippen molar-refractivity contribution in [1.82, 2.24) is 0 Å². The molecule has 0 aliphatic heterocycles. The zero-order chi connectivity index (χ0) is 23.6. The highest BCUT2D eigenvalue weighted by Crippen LogP contribution is 2.14. The lowest BCUT2D eigenvalue weighted by Gasteiger charge is -2.07. The molecule has 0 spiro atoms. The van der Waals surface area contributed by atoms with E-state index in [1.807, 2.05) is 17.5 Å². The van der Waals surface area contributed by atoms with Crippen LogP contribution in [0.2, 0.25) is 0 Å². The molecule has 1 N–H and O–H groups in total. The van der Waals surface area contributed by atoms with Gasteiger partial charge in [0.2, 0.25) is 5.91 Å². The van der Waals surface area contributed by atoms with Crippen LogP contribution in [0.4, 0.5) is 5.69 Å². The first kappa shape index (κ1) is 24.3. The number of thiophene rings is 1. The van der Waals surface area contributed by atoms with Crippen LogP contribution in [0.3, 0.4) is 0 Å². The number of esters is 1. The number of amides is 1. The molecule has 0 atom stereocenters. The molecule has 8 heteroatoms. The van der Waals surface area contributed by atoms with Gasteiger partial charge < -0.3 is 10.1 Å². The maximum absolute atomic E-state index is 12.2. The van der Waals surface area contributed by atoms with Crippen molar-refractivity contribution in [1.29, 1.82) is 0 Å². The van der Waals surface area contributed by atoms with E-state index in [4.69, 9.17) is 4.74 Å². The predicted octanol–water partition coefficient (Wildman–Crippen LogP) is 5.55. The molecular formula is C25H20BrNO5S. The summed E-state index contributed by atoms with van der Waals surface area (Å²) in [6.07, 6.45) is 3.03. The van der Waals surface area contributed by atoms with Gasteiger partial charge in [-0.1, -0.05) is 34.1 Å². The van der Waals surface area contributed by atoms with Crippen LogP contribution in [0.1, 0.15) is 38.4 Å². The van der Waals surface area contributed by atoms with Crippen molar-refractivity contribution in [2.24, 2.45) is 0 Å². The summed E-state index contributed by atoms with van der Waals surface area (Å²) in [6.45, 7) is -0.376. The van der Waals surface area contributed by atoms with Gasteiger partial charge in [0.1, 0.15) is 0 Å². The average molecular weight is 526 g/mol. The molecule has 1 amide bonds. The second kappa shape index (κ2) is 12.0. The molecule has 6 nitrogen and oxygen atoms in total. The number of carbonyl (C=O) groups is 4. The van der Waals surface area contributed by atoms with Gasteiger partial charge in [-0.2, -0.15) is 0 Å². The number of allylic oxidation sites excluding steroid dienone is 1. The molecule has 0 aliphatic rings. The number of benzene rings is 2. The number of Topliss-reactive ketones (excluding diaryl/α,β-unsaturated/α-hetero) is 1. The first-order valence-electron chi connectivity index (χ1n) is 10.0. The summed E-state index contributed by atoms with van der Waals surface area (Å²) in [4.78, 5) is 49.2. The minimum Gasteiger partial charge on any atom is -0.457 e. The molecule has 0 fully saturated rings. The van der Waals surface area contributed by atoms with Crippen molar-refractivity contribution in [3.63, 3.8) is 0 Å². The molecule has 1 heterocycles. The van der Waals surface area contributed by atoms with Crippen molar-refractivity contribution in [3.8, 4) is 0 Å². The van der Waals surface area contributed by atoms with E-state index in [2.05, 4.69) is 21.2 Å². The third kappa shape index (κ3) is 7.93. The van der Waals surface area contributed by atoms with Crippen molar-refractivity contribution in [2.75, 3.05) is 11.9 Å². The monoisotopic (exact) mass is 525 g/mol. The minimum atomic E-state index is -0.630. The van der Waals surface area contributed by atoms with Gasteiger partial charge in [-0.15, -0.1) is 11.3 Å². The van der Waals surface area contributed by atoms with Crippen LogP contribution in [-0.4, -0.2) is 30.0 Å². The molecule has 0 saturated carbocycles. The number of hydrogen-bond acceptors (Lipinski definition) is 6. The average Bonchev–Trinajstić information content (AvgIpc) is 3.34. The normalized spacial score (nSPS) is 10.7. The summed E-state index contributed by atoms with van der Waals surface area (Å²) < 4.78 is 5.80. The zero-order valence-corrected chi connectivity index (χ0v) is 19.9. The van der Waals surface area contributed by atoms with Gasteiger partial charge in [-0.3, -0.25) is 19.2 Å². The Morgan fingerprint density at radius 2 is 1.61 bits per heavy atom. The summed E-state index contributed by atoms with van der Waals surface area (Å²) in [7, 11) is 0. The fourth-order valence-electron chi connectivity index (χ4n) is 2.73. The standard InChI is InChI=1S/C25H20BrNO5S/c26-19-7-3-18(4-8-19)23(29)16-32-25(31)14-13-24(30)27-20-9-5-17(6-10-20)22(28)12-11-21-2-1-15-33-21/h1-12,15H,13-14,16H2,(H,27,30). The second-order valence-electron chi connectivity index (χ2n) is 6.93. The van der Waals surface area contributed by atoms with Gasteiger partial charge in [0.25, 0.3) is 0 Å². The molecule has 0 unspecified atom stereocenters. The van der Waals surface area contributed by atoms with E-state index >= 15 is 0 Å². The molecule has 0 bridgehead atoms. The van der Waals surface area contributed by atoms with Crippen LogP contribution >= 0.6 is 27.3 Å². The number of ketones is 2. The van der Waals surface area contributed by atoms with Crippen molar-refractivity contribution in [2.45, 2.75) is 12.8 Å². The maximum atomic E-state index is 12.2. The number of ether oxygens (including phenoxy) is 1. The Balaban J connectivity index is 1.40. The highest BCUT2D eigenvalue weighted by atomic mass is 79.9. The molecular weight excluding hydrogens is 506 g/mol. The maximum Gasteiger partial charge on any atom is 0.306 e. The third-order valence-corrected chi connectivity index (χ3v) is 5.85. The summed E-state index contributed by atoms with van der Waals surface area (Å²) >= 11 is 4.83. The highest BCUT2D eigenvalue weighted by Gasteiger charge is 2.12. The van der Waals surface area contributed by atoms with Crippen LogP contribution in [-0.2, 0) is 14.3 Å². The third-order valence-electron chi connectivity index (χ3n) is 4.48. The van der Waals surface area contributed by atoms with Gasteiger partial charge in [0, 0.05) is 32.6 Å². The van der Waals surface area contributed by atoms with Gasteiger partial charge in [0.05, 0.1) is 6.42 Å². The lowest BCUT2D eigenvalue weighted by atomic mass is 10.1. The zero-order valence-electron chi connectivity index (χ0n) is 17.5. The SMILES string of the molecule is O=C(CCC(=O)OCC(=O)c1ccc(Br)cc1)Nc1ccc(C(=O)C=Cc2cccs2)cc1. The number of rotatable bonds is 10. The van der Waals surface area contributed by atoms with Crippen LogP contribution in [0, 0.1) is 0 Å². The Morgan fingerprint density at radius 3 is 2.27 bits per heavy atom. The molecule has 2 aromatic carbocycles. The quantitative estimate of drug-likeness (QED) is 0.213. The van der Waals surface area contributed by atoms with Crippen molar-refractivity contribution >= 4 is 62.5 Å². The molecule has 168 valence electrons. The summed E-state index contributed by atoms with van der Waals surface area (Å²) in [5.41, 5.74) is 1.45. The number of carbonyl (C=O) groups excluding carboxylic acids is 4. The van der Waals surface area contributed by atoms with Crippen LogP contribution in [0.15, 0.2) is 76.6 Å². The second-order valence-corrected chi connectivity index (χ2v) is 8.82. The molecule has 0 radical (unpaired) electrons. The first-order valence-corrected chi connectivity index (χ1v) is 11.7. The van der Waals surface area contributed by atoms with E-state index in [1.54, 1.807) is 65.9 Å². The van der Waals surface area contributed by atoms with Crippen LogP contribution in [0.25, 0.3) is 6.08 Å². The minimum absolute atomic E-state index is 0.0878. The summed E-state index contributed by atoms with van der Waals surface area (Å²) in [6, 6.07) is 17.0. The van der Waals surface area contributed by atoms with Gasteiger partial charge in [-0.25, -0.2) is 0 Å². The van der Waals surface area contributed by atoms with E-state index in [9.17, 15) is 19.2 Å². The van der Waals surface area contributed by atoms with E-state index in [0.717, 1.165) is 9.35 Å². The number of halogens is 1. The molecule has 1 aromatic heterocycles. The smallest absolute Gasteiger partial charge is 0.306 e. The molecule has 0 saturated heterocycles. The van der Waals surface area contributed by atoms with Crippen LogP contribution in [0.5, 0.6) is 0 Å². The van der Waals surface area contributed by atoms with Gasteiger partial charge in [-0.05, 0) is 60.0 Å². The lowest BCUT2D eigenvalue weighted by molar-refractivity contribution is -0.143. The number of hydrogen-bond donors (Lipinski definition) is 1. The fourth-order valence-corrected chi connectivity index (χ4v) is 3.62. The fraction of sp³-hybridized carbons (Fsp3) is 0.120. The Kier molecular flexibility index (Phi) is 8.86. The highest BCUT2D eigenvalue weighted by molar-refractivity contribution is 9.10. The lowest BCUT2D eigenvalue weighted by Crippen LogP contribution is -2.17. The number of anilines is 1. The van der Waals surface area contributed by atoms with E-state index in [-0.39, 0.29) is 36.9 Å². The van der Waals surface area contributed by atoms with Crippen molar-refractivity contribution in [3.05, 3.63) is 92.6 Å². The Hall–Kier alpha value is -3.36. The van der Waals surface area contributed by atoms with Crippen LogP contribution < -0.4 is 5.32 Å². The Morgan fingerprint density at radius 1 is 0.909 bits per heavy atom. The van der Waals surface area contributed by atoms with Gasteiger partial charge in [0.15, 0.2) is 18.2 Å². The molecule has 0 aliphatic carbocycles. The molecule has 3 rings (SSSR count). The molecule has 33 heavy (non-hydrogen) atoms. The number of nitrogens with one attached hydrogen (secondary N) is 1. The van der Waals surface area contributed by atoms with E-state index in [0.29, 0.717) is 16.8 Å².